The quantitative estimate of drug-likeness (QED) is 0.248. The van der Waals surface area contributed by atoms with Crippen LogP contribution in [0.25, 0.3) is 39.4 Å². The van der Waals surface area contributed by atoms with Crippen LogP contribution in [0.15, 0.2) is 61.2 Å². The molecule has 1 aromatic carbocycles. The number of ether oxygens (including phenoxy) is 1. The number of piperidine rings is 1. The van der Waals surface area contributed by atoms with E-state index in [1.165, 1.54) is 16.7 Å². The van der Waals surface area contributed by atoms with Gasteiger partial charge in [-0.15, -0.1) is 0 Å². The van der Waals surface area contributed by atoms with Crippen LogP contribution in [0.5, 0.6) is 5.75 Å². The molecule has 0 unspecified atom stereocenters. The monoisotopic (exact) mass is 655 g/mol. The van der Waals surface area contributed by atoms with Crippen molar-refractivity contribution in [2.45, 2.75) is 44.6 Å². The molecule has 0 spiro atoms. The average molecular weight is 656 g/mol. The van der Waals surface area contributed by atoms with Gasteiger partial charge in [0.1, 0.15) is 28.9 Å². The van der Waals surface area contributed by atoms with Crippen molar-refractivity contribution >= 4 is 28.0 Å². The summed E-state index contributed by atoms with van der Waals surface area (Å²) in [5, 5.41) is 5.26. The number of rotatable bonds is 8. The van der Waals surface area contributed by atoms with Gasteiger partial charge in [0.25, 0.3) is 5.91 Å². The van der Waals surface area contributed by atoms with Gasteiger partial charge in [-0.05, 0) is 55.5 Å². The van der Waals surface area contributed by atoms with E-state index in [2.05, 4.69) is 25.7 Å². The molecule has 1 amide bonds. The molecule has 1 saturated carbocycles. The minimum Gasteiger partial charge on any atom is -0.494 e. The smallest absolute Gasteiger partial charge is 0.254 e. The van der Waals surface area contributed by atoms with Gasteiger partial charge in [-0.2, -0.15) is 5.10 Å². The number of pyridine rings is 2. The fourth-order valence-electron chi connectivity index (χ4n) is 6.61. The lowest BCUT2D eigenvalue weighted by molar-refractivity contribution is 0.0606. The van der Waals surface area contributed by atoms with Crippen molar-refractivity contribution in [3.8, 4) is 23.1 Å². The fourth-order valence-corrected chi connectivity index (χ4v) is 6.61. The summed E-state index contributed by atoms with van der Waals surface area (Å²) in [6.45, 7) is 1.23. The molecule has 1 aliphatic heterocycles. The SMILES string of the molecule is COc1cc(C(=O)N2C[C@H](N)C[C@@H](F)C2)cc2nc(-c3cc4cccnc4n3CC3CC3)n(Cc3cnn(-c4ncc(F)cc4F)c3)c12. The number of halogens is 3. The number of methoxy groups -OCH3 is 1. The number of alkyl halides is 1. The summed E-state index contributed by atoms with van der Waals surface area (Å²) in [5.74, 6) is -0.586. The second-order valence-electron chi connectivity index (χ2n) is 12.6. The van der Waals surface area contributed by atoms with Crippen molar-refractivity contribution in [3.05, 3.63) is 83.9 Å². The van der Waals surface area contributed by atoms with E-state index in [1.807, 2.05) is 16.7 Å². The van der Waals surface area contributed by atoms with Crippen LogP contribution in [0.4, 0.5) is 13.2 Å². The van der Waals surface area contributed by atoms with Gasteiger partial charge in [0.15, 0.2) is 17.5 Å². The first-order chi connectivity index (χ1) is 23.2. The Morgan fingerprint density at radius 2 is 1.94 bits per heavy atom. The number of amides is 1. The van der Waals surface area contributed by atoms with E-state index < -0.39 is 23.8 Å². The van der Waals surface area contributed by atoms with Crippen molar-refractivity contribution in [1.29, 1.82) is 0 Å². The number of likely N-dealkylation sites (tertiary alicyclic amines) is 1. The Labute approximate surface area is 272 Å². The van der Waals surface area contributed by atoms with Gasteiger partial charge in [0.2, 0.25) is 0 Å². The Hall–Kier alpha value is -5.24. The van der Waals surface area contributed by atoms with Crippen molar-refractivity contribution < 1.29 is 22.7 Å². The number of nitrogens with two attached hydrogens (primary N) is 1. The summed E-state index contributed by atoms with van der Waals surface area (Å²) in [4.78, 5) is 28.8. The number of carbonyl (C=O) groups excluding carboxylic acids is 1. The molecule has 5 aromatic heterocycles. The van der Waals surface area contributed by atoms with Gasteiger partial charge < -0.3 is 24.5 Å². The molecule has 2 atom stereocenters. The predicted octanol–water partition coefficient (Wildman–Crippen LogP) is 4.89. The third-order valence-electron chi connectivity index (χ3n) is 9.00. The van der Waals surface area contributed by atoms with Crippen LogP contribution in [0.2, 0.25) is 0 Å². The zero-order valence-corrected chi connectivity index (χ0v) is 26.1. The van der Waals surface area contributed by atoms with Gasteiger partial charge >= 0.3 is 0 Å². The average Bonchev–Trinajstić information content (AvgIpc) is 3.47. The highest BCUT2D eigenvalue weighted by Gasteiger charge is 2.31. The van der Waals surface area contributed by atoms with Gasteiger partial charge in [-0.3, -0.25) is 4.79 Å². The highest BCUT2D eigenvalue weighted by atomic mass is 19.1. The molecule has 11 nitrogen and oxygen atoms in total. The summed E-state index contributed by atoms with van der Waals surface area (Å²) in [6.07, 6.45) is 7.19. The Morgan fingerprint density at radius 3 is 2.71 bits per heavy atom. The standard InChI is InChI=1S/C34H32F3N9O2/c1-48-29-9-22(34(47)43-17-24(36)10-25(38)18-43)7-27-30(29)45(15-20-12-41-46(16-20)32-26(37)11-23(35)13-40-32)33(42-27)28-8-21-3-2-6-39-31(21)44(28)14-19-4-5-19/h2-3,6-9,11-13,16,19,24-25H,4-5,10,14-15,17-18,38H2,1H3/t24-,25-/m1/s1. The lowest BCUT2D eigenvalue weighted by atomic mass is 10.0. The number of benzene rings is 1. The van der Waals surface area contributed by atoms with Crippen LogP contribution in [0.3, 0.4) is 0 Å². The van der Waals surface area contributed by atoms with E-state index in [0.29, 0.717) is 39.7 Å². The number of nitrogens with zero attached hydrogens (tertiary/aromatic N) is 8. The lowest BCUT2D eigenvalue weighted by Gasteiger charge is -2.33. The van der Waals surface area contributed by atoms with Crippen molar-refractivity contribution in [2.75, 3.05) is 20.2 Å². The Bertz CT molecular complexity index is 2180. The van der Waals surface area contributed by atoms with Crippen LogP contribution < -0.4 is 10.5 Å². The van der Waals surface area contributed by atoms with Crippen LogP contribution in [-0.2, 0) is 13.1 Å². The molecule has 0 radical (unpaired) electrons. The molecule has 1 aliphatic carbocycles. The van der Waals surface area contributed by atoms with Crippen molar-refractivity contribution in [3.63, 3.8) is 0 Å². The summed E-state index contributed by atoms with van der Waals surface area (Å²) in [5.41, 5.74) is 9.84. The van der Waals surface area contributed by atoms with E-state index in [1.54, 1.807) is 30.7 Å². The molecule has 246 valence electrons. The zero-order valence-electron chi connectivity index (χ0n) is 26.1. The summed E-state index contributed by atoms with van der Waals surface area (Å²) in [7, 11) is 1.52. The molecule has 6 heterocycles. The molecule has 2 fully saturated rings. The van der Waals surface area contributed by atoms with Gasteiger partial charge in [0, 0.05) is 54.1 Å². The molecule has 6 aromatic rings. The van der Waals surface area contributed by atoms with Gasteiger partial charge in [-0.1, -0.05) is 0 Å². The summed E-state index contributed by atoms with van der Waals surface area (Å²) in [6, 6.07) is 9.60. The van der Waals surface area contributed by atoms with E-state index in [9.17, 15) is 18.0 Å². The van der Waals surface area contributed by atoms with Crippen LogP contribution in [0.1, 0.15) is 35.2 Å². The normalized spacial score (nSPS) is 18.2. The maximum atomic E-state index is 14.6. The second-order valence-corrected chi connectivity index (χ2v) is 12.6. The first-order valence-corrected chi connectivity index (χ1v) is 15.8. The Morgan fingerprint density at radius 1 is 1.08 bits per heavy atom. The third-order valence-corrected chi connectivity index (χ3v) is 9.00. The maximum absolute atomic E-state index is 14.6. The molecule has 0 bridgehead atoms. The van der Waals surface area contributed by atoms with Crippen LogP contribution in [-0.4, -0.2) is 77.1 Å². The molecule has 2 N–H and O–H groups in total. The second kappa shape index (κ2) is 11.8. The molecule has 48 heavy (non-hydrogen) atoms. The number of aromatic nitrogens is 7. The molecular weight excluding hydrogens is 623 g/mol. The van der Waals surface area contributed by atoms with Crippen molar-refractivity contribution in [2.24, 2.45) is 11.7 Å². The predicted molar refractivity (Wildman–Crippen MR) is 172 cm³/mol. The Kier molecular flexibility index (Phi) is 7.39. The minimum absolute atomic E-state index is 0.0334. The number of hydrogen-bond acceptors (Lipinski definition) is 7. The van der Waals surface area contributed by atoms with E-state index in [-0.39, 0.29) is 37.8 Å². The van der Waals surface area contributed by atoms with E-state index >= 15 is 0 Å². The molecule has 8 rings (SSSR count). The number of hydrogen-bond donors (Lipinski definition) is 1. The first kappa shape index (κ1) is 30.1. The van der Waals surface area contributed by atoms with Gasteiger partial charge in [-0.25, -0.2) is 32.8 Å². The van der Waals surface area contributed by atoms with E-state index in [0.717, 1.165) is 48.4 Å². The lowest BCUT2D eigenvalue weighted by Crippen LogP contribution is -2.50. The number of carbonyl (C=O) groups is 1. The Balaban J connectivity index is 1.28. The maximum Gasteiger partial charge on any atom is 0.254 e. The van der Waals surface area contributed by atoms with Crippen molar-refractivity contribution in [1.82, 2.24) is 38.8 Å². The van der Waals surface area contributed by atoms with Crippen LogP contribution in [0, 0.1) is 17.6 Å². The first-order valence-electron chi connectivity index (χ1n) is 15.8. The largest absolute Gasteiger partial charge is 0.494 e. The highest BCUT2D eigenvalue weighted by Crippen LogP contribution is 2.38. The molecule has 1 saturated heterocycles. The molecular formula is C34H32F3N9O2. The zero-order chi connectivity index (χ0) is 33.1. The molecule has 14 heteroatoms. The topological polar surface area (TPSA) is 122 Å². The summed E-state index contributed by atoms with van der Waals surface area (Å²) < 4.78 is 53.8. The summed E-state index contributed by atoms with van der Waals surface area (Å²) >= 11 is 0. The van der Waals surface area contributed by atoms with E-state index in [4.69, 9.17) is 15.5 Å². The minimum atomic E-state index is -1.20. The highest BCUT2D eigenvalue weighted by molar-refractivity contribution is 6.00. The number of imidazole rings is 1. The fraction of sp³-hybridized carbons (Fsp3) is 0.324. The molecule has 2 aliphatic rings. The number of fused-ring (bicyclic) bond motifs is 2. The van der Waals surface area contributed by atoms with Gasteiger partial charge in [0.05, 0.1) is 43.8 Å². The van der Waals surface area contributed by atoms with Crippen LogP contribution >= 0.6 is 0 Å². The third kappa shape index (κ3) is 5.45.